The molecule has 172 valence electrons. The van der Waals surface area contributed by atoms with E-state index in [-0.39, 0.29) is 16.9 Å². The first-order chi connectivity index (χ1) is 14.5. The van der Waals surface area contributed by atoms with Crippen LogP contribution in [0.5, 0.6) is 0 Å². The first-order valence-corrected chi connectivity index (χ1v) is 12.0. The molecule has 4 rings (SSSR count). The zero-order valence-electron chi connectivity index (χ0n) is 19.8. The molecule has 0 aromatic carbocycles. The monoisotopic (exact) mass is 428 g/mol. The number of hydrogen-bond donors (Lipinski definition) is 3. The van der Waals surface area contributed by atoms with Gasteiger partial charge in [-0.05, 0) is 69.3 Å². The second-order valence-electron chi connectivity index (χ2n) is 11.2. The molecule has 3 N–H and O–H groups in total. The molecule has 2 saturated carbocycles. The second-order valence-corrected chi connectivity index (χ2v) is 11.2. The zero-order valence-corrected chi connectivity index (χ0v) is 19.8. The summed E-state index contributed by atoms with van der Waals surface area (Å²) in [4.78, 5) is 0. The van der Waals surface area contributed by atoms with E-state index >= 15 is 0 Å². The Balaban J connectivity index is 1.52. The predicted octanol–water partition coefficient (Wildman–Crippen LogP) is 4.47. The highest BCUT2D eigenvalue weighted by Gasteiger charge is 2.57. The van der Waals surface area contributed by atoms with Crippen molar-refractivity contribution in [3.63, 3.8) is 0 Å². The molecule has 4 aliphatic carbocycles. The van der Waals surface area contributed by atoms with Crippen LogP contribution < -0.4 is 0 Å². The fourth-order valence-corrected chi connectivity index (χ4v) is 6.92. The van der Waals surface area contributed by atoms with E-state index in [9.17, 15) is 15.3 Å². The molecule has 31 heavy (non-hydrogen) atoms. The molecule has 0 aromatic rings. The molecule has 0 aromatic heterocycles. The van der Waals surface area contributed by atoms with Crippen LogP contribution in [0.3, 0.4) is 0 Å². The molecule has 0 aliphatic heterocycles. The second kappa shape index (κ2) is 7.98. The van der Waals surface area contributed by atoms with Gasteiger partial charge in [-0.25, -0.2) is 0 Å². The zero-order chi connectivity index (χ0) is 22.6. The van der Waals surface area contributed by atoms with Crippen LogP contribution in [0.4, 0.5) is 0 Å². The summed E-state index contributed by atoms with van der Waals surface area (Å²) in [5, 5.41) is 31.0. The molecule has 0 unspecified atom stereocenters. The van der Waals surface area contributed by atoms with E-state index in [1.54, 1.807) is 19.9 Å². The van der Waals surface area contributed by atoms with Crippen molar-refractivity contribution in [2.24, 2.45) is 22.7 Å². The molecule has 2 fully saturated rings. The summed E-state index contributed by atoms with van der Waals surface area (Å²) in [6.07, 6.45) is 14.0. The highest BCUT2D eigenvalue weighted by molar-refractivity contribution is 5.43. The summed E-state index contributed by atoms with van der Waals surface area (Å²) in [5.74, 6) is 0.805. The van der Waals surface area contributed by atoms with E-state index in [2.05, 4.69) is 39.0 Å². The number of hydrogen-bond acceptors (Lipinski definition) is 4. The van der Waals surface area contributed by atoms with Crippen molar-refractivity contribution in [2.45, 2.75) is 90.6 Å². The van der Waals surface area contributed by atoms with E-state index < -0.39 is 17.8 Å². The van der Waals surface area contributed by atoms with Gasteiger partial charge in [-0.2, -0.15) is 0 Å². The van der Waals surface area contributed by atoms with Crippen molar-refractivity contribution in [1.29, 1.82) is 0 Å². The van der Waals surface area contributed by atoms with Gasteiger partial charge in [0, 0.05) is 11.8 Å². The van der Waals surface area contributed by atoms with Gasteiger partial charge < -0.3 is 20.1 Å². The number of aliphatic hydroxyl groups excluding tert-OH is 2. The van der Waals surface area contributed by atoms with Crippen LogP contribution in [0, 0.1) is 22.7 Å². The Bertz CT molecular complexity index is 829. The van der Waals surface area contributed by atoms with Gasteiger partial charge in [0.15, 0.2) is 0 Å². The van der Waals surface area contributed by atoms with E-state index in [1.807, 2.05) is 6.08 Å². The van der Waals surface area contributed by atoms with Crippen LogP contribution in [0.25, 0.3) is 0 Å². The number of ether oxygens (including phenoxy) is 1. The van der Waals surface area contributed by atoms with Gasteiger partial charge in [0.05, 0.1) is 30.5 Å². The molecular formula is C27H40O4. The SMILES string of the molecule is C[C@H](OC/C=C/C(C)(C)O)C1=CC[C@H]2C3=CC=C4C[C@@H](O)C[C@H](O)[C@]4(C)[C@H]3CC[C@]12C. The van der Waals surface area contributed by atoms with Gasteiger partial charge >= 0.3 is 0 Å². The Morgan fingerprint density at radius 1 is 1.23 bits per heavy atom. The topological polar surface area (TPSA) is 69.9 Å². The van der Waals surface area contributed by atoms with Crippen LogP contribution in [-0.2, 0) is 4.74 Å². The van der Waals surface area contributed by atoms with Gasteiger partial charge in [0.2, 0.25) is 0 Å². The summed E-state index contributed by atoms with van der Waals surface area (Å²) < 4.78 is 6.14. The van der Waals surface area contributed by atoms with Crippen molar-refractivity contribution < 1.29 is 20.1 Å². The molecule has 4 aliphatic rings. The minimum Gasteiger partial charge on any atom is -0.393 e. The van der Waals surface area contributed by atoms with Gasteiger partial charge in [0.25, 0.3) is 0 Å². The largest absolute Gasteiger partial charge is 0.393 e. The third-order valence-electron chi connectivity index (χ3n) is 8.70. The maximum absolute atomic E-state index is 11.0. The summed E-state index contributed by atoms with van der Waals surface area (Å²) in [6.45, 7) is 10.8. The number of fused-ring (bicyclic) bond motifs is 5. The van der Waals surface area contributed by atoms with Crippen molar-refractivity contribution in [1.82, 2.24) is 0 Å². The Hall–Kier alpha value is -1.20. The van der Waals surface area contributed by atoms with E-state index in [4.69, 9.17) is 4.74 Å². The number of rotatable bonds is 5. The van der Waals surface area contributed by atoms with Crippen LogP contribution in [-0.4, -0.2) is 45.8 Å². The Kier molecular flexibility index (Phi) is 5.92. The molecule has 0 radical (unpaired) electrons. The lowest BCUT2D eigenvalue weighted by atomic mass is 9.49. The van der Waals surface area contributed by atoms with Crippen molar-refractivity contribution in [3.05, 3.63) is 47.1 Å². The van der Waals surface area contributed by atoms with Crippen molar-refractivity contribution in [3.8, 4) is 0 Å². The standard InChI is InChI=1S/C27H40O4/c1-17(31-14-6-12-25(2,3)30)21-9-10-22-20-8-7-18-15-19(28)16-24(29)27(18,5)23(20)11-13-26(21,22)4/h6-9,12,17,19,22-24,28-30H,10-11,13-16H2,1-5H3/b12-6+/t17-,19+,22-,23-,24-,26+,27-/m0/s1. The maximum Gasteiger partial charge on any atom is 0.0772 e. The minimum absolute atomic E-state index is 0.0410. The molecule has 0 spiro atoms. The van der Waals surface area contributed by atoms with E-state index in [0.29, 0.717) is 31.3 Å². The Morgan fingerprint density at radius 3 is 2.68 bits per heavy atom. The molecule has 0 bridgehead atoms. The van der Waals surface area contributed by atoms with Crippen molar-refractivity contribution >= 4 is 0 Å². The fraction of sp³-hybridized carbons (Fsp3) is 0.704. The van der Waals surface area contributed by atoms with Crippen molar-refractivity contribution in [2.75, 3.05) is 6.61 Å². The maximum atomic E-state index is 11.0. The lowest BCUT2D eigenvalue weighted by Gasteiger charge is -2.56. The van der Waals surface area contributed by atoms with Gasteiger partial charge in [-0.3, -0.25) is 0 Å². The van der Waals surface area contributed by atoms with Gasteiger partial charge in [0.1, 0.15) is 0 Å². The Labute approximate surface area is 187 Å². The average Bonchev–Trinajstić information content (AvgIpc) is 3.03. The molecule has 0 amide bonds. The van der Waals surface area contributed by atoms with Crippen LogP contribution in [0.2, 0.25) is 0 Å². The normalized spacial score (nSPS) is 41.1. The molecular weight excluding hydrogens is 388 g/mol. The lowest BCUT2D eigenvalue weighted by molar-refractivity contribution is -0.0500. The summed E-state index contributed by atoms with van der Waals surface area (Å²) in [5.41, 5.74) is 3.12. The van der Waals surface area contributed by atoms with Gasteiger partial charge in [-0.15, -0.1) is 0 Å². The highest BCUT2D eigenvalue weighted by Crippen LogP contribution is 2.64. The minimum atomic E-state index is -0.815. The summed E-state index contributed by atoms with van der Waals surface area (Å²) in [6, 6.07) is 0. The first-order valence-electron chi connectivity index (χ1n) is 12.0. The smallest absolute Gasteiger partial charge is 0.0772 e. The molecule has 7 atom stereocenters. The molecule has 4 heteroatoms. The van der Waals surface area contributed by atoms with Crippen LogP contribution in [0.1, 0.15) is 66.7 Å². The average molecular weight is 429 g/mol. The number of allylic oxidation sites excluding steroid dienone is 4. The molecule has 0 saturated heterocycles. The summed E-state index contributed by atoms with van der Waals surface area (Å²) >= 11 is 0. The highest BCUT2D eigenvalue weighted by atomic mass is 16.5. The van der Waals surface area contributed by atoms with Gasteiger partial charge in [-0.1, -0.05) is 55.4 Å². The quantitative estimate of drug-likeness (QED) is 0.565. The molecule has 4 nitrogen and oxygen atoms in total. The first kappa shape index (κ1) is 23.0. The number of aliphatic hydroxyl groups is 3. The lowest BCUT2D eigenvalue weighted by Crippen LogP contribution is -2.52. The van der Waals surface area contributed by atoms with Crippen LogP contribution >= 0.6 is 0 Å². The van der Waals surface area contributed by atoms with Crippen LogP contribution in [0.15, 0.2) is 47.1 Å². The predicted molar refractivity (Wildman–Crippen MR) is 123 cm³/mol. The summed E-state index contributed by atoms with van der Waals surface area (Å²) in [7, 11) is 0. The third-order valence-corrected chi connectivity index (χ3v) is 8.70. The van der Waals surface area contributed by atoms with E-state index in [1.165, 1.54) is 16.7 Å². The fourth-order valence-electron chi connectivity index (χ4n) is 6.92. The third kappa shape index (κ3) is 3.90. The molecule has 0 heterocycles. The van der Waals surface area contributed by atoms with E-state index in [0.717, 1.165) is 19.3 Å². The Morgan fingerprint density at radius 2 is 1.97 bits per heavy atom.